The number of aromatic nitrogens is 4. The maximum absolute atomic E-state index is 12.3. The Morgan fingerprint density at radius 2 is 1.97 bits per heavy atom. The van der Waals surface area contributed by atoms with E-state index in [0.717, 1.165) is 0 Å². The molecule has 0 aliphatic carbocycles. The van der Waals surface area contributed by atoms with Gasteiger partial charge in [-0.25, -0.2) is 14.8 Å². The first kappa shape index (κ1) is 18.9. The second-order valence-electron chi connectivity index (χ2n) is 7.65. The molecule has 5 rings (SSSR count). The van der Waals surface area contributed by atoms with Crippen LogP contribution in [-0.2, 0) is 18.9 Å². The predicted molar refractivity (Wildman–Crippen MR) is 103 cm³/mol. The zero-order chi connectivity index (χ0) is 20.9. The molecule has 0 radical (unpaired) electrons. The van der Waals surface area contributed by atoms with Crippen molar-refractivity contribution in [1.29, 1.82) is 0 Å². The lowest BCUT2D eigenvalue weighted by molar-refractivity contribution is -0.199. The number of fused-ring (bicyclic) bond motifs is 2. The number of aromatic amines is 1. The largest absolute Gasteiger partial charge is 0.459 e. The molecule has 2 aliphatic rings. The monoisotopic (exact) mass is 412 g/mol. The quantitative estimate of drug-likeness (QED) is 0.639. The normalized spacial score (nSPS) is 27.3. The minimum Gasteiger partial charge on any atom is -0.459 e. The van der Waals surface area contributed by atoms with Crippen LogP contribution < -0.4 is 5.56 Å². The average molecular weight is 412 g/mol. The number of rotatable bonds is 4. The summed E-state index contributed by atoms with van der Waals surface area (Å²) in [7, 11) is 0. The van der Waals surface area contributed by atoms with Crippen LogP contribution in [-0.4, -0.2) is 56.2 Å². The molecule has 4 heterocycles. The number of hydrogen-bond donors (Lipinski definition) is 1. The SMILES string of the molecule is CC1(C)O[C@H]2[C@H](O1)[C@H](n1cnc3c(=O)[nH]cnc31)O[C@H]2COC(=O)c1ccccc1. The van der Waals surface area contributed by atoms with Crippen molar-refractivity contribution < 1.29 is 23.7 Å². The predicted octanol–water partition coefficient (Wildman–Crippen LogP) is 1.39. The number of hydrogen-bond acceptors (Lipinski definition) is 8. The van der Waals surface area contributed by atoms with Gasteiger partial charge in [0.15, 0.2) is 23.2 Å². The summed E-state index contributed by atoms with van der Waals surface area (Å²) in [5.74, 6) is -1.28. The molecular weight excluding hydrogens is 392 g/mol. The van der Waals surface area contributed by atoms with Crippen LogP contribution in [0.1, 0.15) is 30.4 Å². The lowest BCUT2D eigenvalue weighted by atomic mass is 10.1. The third-order valence-corrected chi connectivity index (χ3v) is 5.15. The van der Waals surface area contributed by atoms with Crippen LogP contribution in [0, 0.1) is 0 Å². The van der Waals surface area contributed by atoms with Gasteiger partial charge in [0.1, 0.15) is 24.9 Å². The van der Waals surface area contributed by atoms with E-state index in [9.17, 15) is 9.59 Å². The lowest BCUT2D eigenvalue weighted by Gasteiger charge is -2.24. The van der Waals surface area contributed by atoms with E-state index >= 15 is 0 Å². The average Bonchev–Trinajstić information content (AvgIpc) is 3.38. The molecule has 0 bridgehead atoms. The molecule has 0 unspecified atom stereocenters. The van der Waals surface area contributed by atoms with Gasteiger partial charge in [0.25, 0.3) is 5.56 Å². The van der Waals surface area contributed by atoms with E-state index < -0.39 is 36.3 Å². The highest BCUT2D eigenvalue weighted by atomic mass is 16.8. The Morgan fingerprint density at radius 1 is 1.20 bits per heavy atom. The van der Waals surface area contributed by atoms with Crippen molar-refractivity contribution in [1.82, 2.24) is 19.5 Å². The minimum absolute atomic E-state index is 0.00846. The second-order valence-corrected chi connectivity index (χ2v) is 7.65. The van der Waals surface area contributed by atoms with E-state index in [2.05, 4.69) is 15.0 Å². The molecule has 1 aromatic carbocycles. The number of carbonyl (C=O) groups excluding carboxylic acids is 1. The molecule has 156 valence electrons. The van der Waals surface area contributed by atoms with Crippen molar-refractivity contribution >= 4 is 17.1 Å². The van der Waals surface area contributed by atoms with Gasteiger partial charge in [0.05, 0.1) is 18.2 Å². The molecule has 0 saturated carbocycles. The molecule has 30 heavy (non-hydrogen) atoms. The molecule has 2 fully saturated rings. The van der Waals surface area contributed by atoms with Crippen LogP contribution >= 0.6 is 0 Å². The summed E-state index contributed by atoms with van der Waals surface area (Å²) in [6, 6.07) is 8.73. The molecule has 0 amide bonds. The van der Waals surface area contributed by atoms with E-state index in [4.69, 9.17) is 18.9 Å². The zero-order valence-corrected chi connectivity index (χ0v) is 16.3. The number of ether oxygens (including phenoxy) is 4. The highest BCUT2D eigenvalue weighted by Crippen LogP contribution is 2.43. The van der Waals surface area contributed by atoms with Gasteiger partial charge in [-0.2, -0.15) is 0 Å². The summed E-state index contributed by atoms with van der Waals surface area (Å²) >= 11 is 0. The number of nitrogens with one attached hydrogen (secondary N) is 1. The minimum atomic E-state index is -0.833. The molecule has 4 atom stereocenters. The van der Waals surface area contributed by atoms with Crippen LogP contribution in [0.25, 0.3) is 11.2 Å². The van der Waals surface area contributed by atoms with Gasteiger partial charge in [-0.1, -0.05) is 18.2 Å². The van der Waals surface area contributed by atoms with Crippen LogP contribution in [0.3, 0.4) is 0 Å². The first-order valence-electron chi connectivity index (χ1n) is 9.56. The van der Waals surface area contributed by atoms with Crippen molar-refractivity contribution in [3.05, 3.63) is 58.9 Å². The fraction of sp³-hybridized carbons (Fsp3) is 0.400. The van der Waals surface area contributed by atoms with Crippen LogP contribution in [0.15, 0.2) is 47.8 Å². The molecule has 1 N–H and O–H groups in total. The molecule has 2 aromatic heterocycles. The summed E-state index contributed by atoms with van der Waals surface area (Å²) in [6.45, 7) is 3.61. The van der Waals surface area contributed by atoms with Crippen LogP contribution in [0.2, 0.25) is 0 Å². The summed E-state index contributed by atoms with van der Waals surface area (Å²) in [5, 5.41) is 0. The molecular formula is C20H20N4O6. The maximum Gasteiger partial charge on any atom is 0.338 e. The topological polar surface area (TPSA) is 118 Å². The van der Waals surface area contributed by atoms with Gasteiger partial charge in [0.2, 0.25) is 0 Å². The Kier molecular flexibility index (Phi) is 4.42. The van der Waals surface area contributed by atoms with E-state index in [1.807, 2.05) is 19.9 Å². The summed E-state index contributed by atoms with van der Waals surface area (Å²) in [4.78, 5) is 35.2. The van der Waals surface area contributed by atoms with Crippen molar-refractivity contribution in [2.24, 2.45) is 0 Å². The Morgan fingerprint density at radius 3 is 2.77 bits per heavy atom. The smallest absolute Gasteiger partial charge is 0.338 e. The number of H-pyrrole nitrogens is 1. The van der Waals surface area contributed by atoms with E-state index in [0.29, 0.717) is 11.2 Å². The molecule has 10 nitrogen and oxygen atoms in total. The Labute approximate surface area is 170 Å². The number of esters is 1. The van der Waals surface area contributed by atoms with Gasteiger partial charge in [-0.05, 0) is 26.0 Å². The van der Waals surface area contributed by atoms with Gasteiger partial charge in [-0.15, -0.1) is 0 Å². The molecule has 3 aromatic rings. The molecule has 10 heteroatoms. The fourth-order valence-corrected chi connectivity index (χ4v) is 3.88. The number of benzene rings is 1. The molecule has 2 aliphatic heterocycles. The van der Waals surface area contributed by atoms with Crippen LogP contribution in [0.4, 0.5) is 0 Å². The third kappa shape index (κ3) is 3.18. The number of carbonyl (C=O) groups is 1. The maximum atomic E-state index is 12.3. The fourth-order valence-electron chi connectivity index (χ4n) is 3.88. The lowest BCUT2D eigenvalue weighted by Crippen LogP contribution is -2.33. The Hall–Kier alpha value is -3.08. The highest BCUT2D eigenvalue weighted by Gasteiger charge is 2.56. The number of imidazole rings is 1. The highest BCUT2D eigenvalue weighted by molar-refractivity contribution is 5.89. The van der Waals surface area contributed by atoms with E-state index in [1.165, 1.54) is 12.7 Å². The van der Waals surface area contributed by atoms with Gasteiger partial charge in [0, 0.05) is 0 Å². The first-order valence-corrected chi connectivity index (χ1v) is 9.56. The summed E-state index contributed by atoms with van der Waals surface area (Å²) < 4.78 is 25.3. The second kappa shape index (κ2) is 7.01. The molecule has 2 saturated heterocycles. The zero-order valence-electron chi connectivity index (χ0n) is 16.3. The van der Waals surface area contributed by atoms with Gasteiger partial charge >= 0.3 is 5.97 Å². The van der Waals surface area contributed by atoms with E-state index in [-0.39, 0.29) is 17.7 Å². The Balaban J connectivity index is 1.40. The van der Waals surface area contributed by atoms with Gasteiger partial charge in [-0.3, -0.25) is 9.36 Å². The van der Waals surface area contributed by atoms with Crippen molar-refractivity contribution in [3.8, 4) is 0 Å². The first-order chi connectivity index (χ1) is 14.4. The van der Waals surface area contributed by atoms with Crippen molar-refractivity contribution in [2.75, 3.05) is 6.61 Å². The van der Waals surface area contributed by atoms with E-state index in [1.54, 1.807) is 28.8 Å². The third-order valence-electron chi connectivity index (χ3n) is 5.15. The Bertz CT molecular complexity index is 1140. The van der Waals surface area contributed by atoms with Crippen molar-refractivity contribution in [2.45, 2.75) is 44.2 Å². The standard InChI is InChI=1S/C20H20N4O6/c1-20(2)29-14-12(8-27-19(26)11-6-4-3-5-7-11)28-18(15(14)30-20)24-10-23-13-16(24)21-9-22-17(13)25/h3-7,9-10,12,14-15,18H,8H2,1-2H3,(H,21,22,25)/t12-,14+,15-,18+/m0/s1. The molecule has 0 spiro atoms. The number of nitrogens with zero attached hydrogens (tertiary/aromatic N) is 3. The summed E-state index contributed by atoms with van der Waals surface area (Å²) in [5.41, 5.74) is 0.689. The van der Waals surface area contributed by atoms with Crippen molar-refractivity contribution in [3.63, 3.8) is 0 Å². The van der Waals surface area contributed by atoms with Crippen LogP contribution in [0.5, 0.6) is 0 Å². The summed E-state index contributed by atoms with van der Waals surface area (Å²) in [6.07, 6.45) is 0.642. The van der Waals surface area contributed by atoms with Gasteiger partial charge < -0.3 is 23.9 Å².